The zero-order valence-corrected chi connectivity index (χ0v) is 16.9. The first-order valence-electron chi connectivity index (χ1n) is 10.2. The van der Waals surface area contributed by atoms with Crippen molar-refractivity contribution >= 4 is 23.0 Å². The highest BCUT2D eigenvalue weighted by molar-refractivity contribution is 6.06. The molecule has 0 saturated carbocycles. The van der Waals surface area contributed by atoms with E-state index in [-0.39, 0.29) is 17.6 Å². The van der Waals surface area contributed by atoms with Crippen LogP contribution in [0.25, 0.3) is 5.52 Å². The van der Waals surface area contributed by atoms with E-state index in [0.717, 1.165) is 32.4 Å². The molecule has 0 unspecified atom stereocenters. The van der Waals surface area contributed by atoms with Gasteiger partial charge < -0.3 is 10.2 Å². The average Bonchev–Trinajstić information content (AvgIpc) is 3.14. The smallest absolute Gasteiger partial charge is 0.292 e. The molecule has 4 rings (SSSR count). The van der Waals surface area contributed by atoms with Gasteiger partial charge in [0.1, 0.15) is 0 Å². The van der Waals surface area contributed by atoms with Crippen molar-refractivity contribution in [3.8, 4) is 0 Å². The van der Waals surface area contributed by atoms with Crippen LogP contribution in [0, 0.1) is 5.92 Å². The van der Waals surface area contributed by atoms with Crippen molar-refractivity contribution in [2.24, 2.45) is 5.92 Å². The number of aromatic nitrogens is 2. The molecule has 0 bridgehead atoms. The molecule has 1 fully saturated rings. The molecule has 0 spiro atoms. The summed E-state index contributed by atoms with van der Waals surface area (Å²) in [5, 5.41) is 2.89. The summed E-state index contributed by atoms with van der Waals surface area (Å²) in [6, 6.07) is 13.3. The van der Waals surface area contributed by atoms with Crippen molar-refractivity contribution in [2.45, 2.75) is 33.1 Å². The van der Waals surface area contributed by atoms with Gasteiger partial charge in [-0.3, -0.25) is 14.0 Å². The summed E-state index contributed by atoms with van der Waals surface area (Å²) < 4.78 is 1.69. The Bertz CT molecular complexity index is 1030. The van der Waals surface area contributed by atoms with E-state index in [1.165, 1.54) is 5.56 Å². The summed E-state index contributed by atoms with van der Waals surface area (Å²) in [6.45, 7) is 5.77. The van der Waals surface area contributed by atoms with Crippen LogP contribution in [-0.2, 0) is 6.42 Å². The van der Waals surface area contributed by atoms with E-state index < -0.39 is 0 Å². The molecule has 1 N–H and O–H groups in total. The lowest BCUT2D eigenvalue weighted by Gasteiger charge is -2.29. The lowest BCUT2D eigenvalue weighted by Crippen LogP contribution is -2.38. The van der Waals surface area contributed by atoms with E-state index in [2.05, 4.69) is 24.1 Å². The third-order valence-corrected chi connectivity index (χ3v) is 5.64. The summed E-state index contributed by atoms with van der Waals surface area (Å²) in [6.07, 6.45) is 4.71. The van der Waals surface area contributed by atoms with Crippen LogP contribution in [0.15, 0.2) is 48.7 Å². The van der Waals surface area contributed by atoms with Gasteiger partial charge in [0.2, 0.25) is 5.82 Å². The Balaban J connectivity index is 1.63. The number of carbonyl (C=O) groups is 2. The van der Waals surface area contributed by atoms with Gasteiger partial charge in [0.05, 0.1) is 5.52 Å². The quantitative estimate of drug-likeness (QED) is 0.732. The largest absolute Gasteiger partial charge is 0.337 e. The number of carbonyl (C=O) groups excluding carboxylic acids is 2. The maximum absolute atomic E-state index is 13.1. The fourth-order valence-electron chi connectivity index (χ4n) is 3.73. The number of imidazole rings is 1. The highest BCUT2D eigenvalue weighted by atomic mass is 16.2. The fraction of sp³-hybridized carbons (Fsp3) is 0.348. The SMILES string of the molecule is CCc1ccc(NC(=O)c2nc(C(=O)N3CCC(C)CC3)c3ccccn23)cc1. The van der Waals surface area contributed by atoms with E-state index >= 15 is 0 Å². The van der Waals surface area contributed by atoms with E-state index in [1.807, 2.05) is 47.4 Å². The van der Waals surface area contributed by atoms with Crippen LogP contribution in [-0.4, -0.2) is 39.2 Å². The minimum Gasteiger partial charge on any atom is -0.337 e. The summed E-state index contributed by atoms with van der Waals surface area (Å²) in [4.78, 5) is 32.3. The Morgan fingerprint density at radius 2 is 1.83 bits per heavy atom. The highest BCUT2D eigenvalue weighted by Gasteiger charge is 2.27. The average molecular weight is 390 g/mol. The number of nitrogens with zero attached hydrogens (tertiary/aromatic N) is 3. The van der Waals surface area contributed by atoms with Gasteiger partial charge in [-0.05, 0) is 55.0 Å². The molecular formula is C23H26N4O2. The molecule has 1 aliphatic heterocycles. The zero-order valence-electron chi connectivity index (χ0n) is 16.9. The number of piperidine rings is 1. The van der Waals surface area contributed by atoms with Crippen LogP contribution in [0.2, 0.25) is 0 Å². The summed E-state index contributed by atoms with van der Waals surface area (Å²) in [5.41, 5.74) is 2.91. The number of hydrogen-bond donors (Lipinski definition) is 1. The molecule has 29 heavy (non-hydrogen) atoms. The van der Waals surface area contributed by atoms with Gasteiger partial charge in [-0.25, -0.2) is 4.98 Å². The summed E-state index contributed by atoms with van der Waals surface area (Å²) in [5.74, 6) is 0.417. The van der Waals surface area contributed by atoms with Gasteiger partial charge in [-0.15, -0.1) is 0 Å². The standard InChI is InChI=1S/C23H26N4O2/c1-3-17-7-9-18(10-8-17)24-22(28)21-25-20(19-6-4-5-13-27(19)21)23(29)26-14-11-16(2)12-15-26/h4-10,13,16H,3,11-12,14-15H2,1-2H3,(H,24,28). The fourth-order valence-corrected chi connectivity index (χ4v) is 3.73. The number of aryl methyl sites for hydroxylation is 1. The monoisotopic (exact) mass is 390 g/mol. The number of benzene rings is 1. The van der Waals surface area contributed by atoms with Crippen LogP contribution in [0.4, 0.5) is 5.69 Å². The Labute approximate surface area is 170 Å². The van der Waals surface area contributed by atoms with Crippen molar-refractivity contribution < 1.29 is 9.59 Å². The Hall–Kier alpha value is -3.15. The second-order valence-electron chi connectivity index (χ2n) is 7.72. The van der Waals surface area contributed by atoms with E-state index in [9.17, 15) is 9.59 Å². The normalized spacial score (nSPS) is 14.9. The van der Waals surface area contributed by atoms with Gasteiger partial charge in [-0.1, -0.05) is 32.0 Å². The Kier molecular flexibility index (Phi) is 5.34. The Morgan fingerprint density at radius 1 is 1.10 bits per heavy atom. The van der Waals surface area contributed by atoms with Gasteiger partial charge in [0.15, 0.2) is 5.69 Å². The van der Waals surface area contributed by atoms with Crippen LogP contribution in [0.1, 0.15) is 53.4 Å². The van der Waals surface area contributed by atoms with Crippen molar-refractivity contribution in [3.63, 3.8) is 0 Å². The van der Waals surface area contributed by atoms with Crippen LogP contribution >= 0.6 is 0 Å². The molecule has 2 aromatic heterocycles. The predicted octanol–water partition coefficient (Wildman–Crippen LogP) is 4.02. The van der Waals surface area contributed by atoms with Crippen molar-refractivity contribution in [1.29, 1.82) is 0 Å². The minimum absolute atomic E-state index is 0.105. The van der Waals surface area contributed by atoms with Crippen LogP contribution in [0.3, 0.4) is 0 Å². The van der Waals surface area contributed by atoms with Crippen molar-refractivity contribution in [1.82, 2.24) is 14.3 Å². The molecule has 0 aliphatic carbocycles. The van der Waals surface area contributed by atoms with Gasteiger partial charge in [-0.2, -0.15) is 0 Å². The number of likely N-dealkylation sites (tertiary alicyclic amines) is 1. The predicted molar refractivity (Wildman–Crippen MR) is 113 cm³/mol. The molecule has 6 heteroatoms. The number of fused-ring (bicyclic) bond motifs is 1. The van der Waals surface area contributed by atoms with E-state index in [0.29, 0.717) is 22.8 Å². The lowest BCUT2D eigenvalue weighted by molar-refractivity contribution is 0.0694. The summed E-state index contributed by atoms with van der Waals surface area (Å²) in [7, 11) is 0. The number of rotatable bonds is 4. The van der Waals surface area contributed by atoms with E-state index in [1.54, 1.807) is 10.6 Å². The summed E-state index contributed by atoms with van der Waals surface area (Å²) >= 11 is 0. The first kappa shape index (κ1) is 19.2. The van der Waals surface area contributed by atoms with Crippen LogP contribution < -0.4 is 5.32 Å². The molecule has 1 aliphatic rings. The number of nitrogens with one attached hydrogen (secondary N) is 1. The minimum atomic E-state index is -0.332. The number of hydrogen-bond acceptors (Lipinski definition) is 3. The molecule has 6 nitrogen and oxygen atoms in total. The lowest BCUT2D eigenvalue weighted by atomic mass is 9.99. The van der Waals surface area contributed by atoms with E-state index in [4.69, 9.17) is 0 Å². The van der Waals surface area contributed by atoms with Gasteiger partial charge >= 0.3 is 0 Å². The van der Waals surface area contributed by atoms with Crippen molar-refractivity contribution in [3.05, 3.63) is 65.7 Å². The number of amides is 2. The first-order valence-corrected chi connectivity index (χ1v) is 10.2. The van der Waals surface area contributed by atoms with Crippen molar-refractivity contribution in [2.75, 3.05) is 18.4 Å². The molecule has 2 amide bonds. The van der Waals surface area contributed by atoms with Gasteiger partial charge in [0, 0.05) is 25.0 Å². The first-order chi connectivity index (χ1) is 14.1. The second-order valence-corrected chi connectivity index (χ2v) is 7.72. The molecule has 3 heterocycles. The highest BCUT2D eigenvalue weighted by Crippen LogP contribution is 2.21. The maximum Gasteiger partial charge on any atom is 0.292 e. The topological polar surface area (TPSA) is 66.7 Å². The molecule has 0 atom stereocenters. The molecule has 0 radical (unpaired) electrons. The molecule has 1 saturated heterocycles. The molecule has 1 aromatic carbocycles. The third-order valence-electron chi connectivity index (χ3n) is 5.64. The molecular weight excluding hydrogens is 364 g/mol. The number of pyridine rings is 1. The Morgan fingerprint density at radius 3 is 2.52 bits per heavy atom. The second kappa shape index (κ2) is 8.07. The van der Waals surface area contributed by atoms with Gasteiger partial charge in [0.25, 0.3) is 11.8 Å². The number of anilines is 1. The zero-order chi connectivity index (χ0) is 20.4. The maximum atomic E-state index is 13.1. The third kappa shape index (κ3) is 3.88. The molecule has 3 aromatic rings. The molecule has 150 valence electrons. The van der Waals surface area contributed by atoms with Crippen LogP contribution in [0.5, 0.6) is 0 Å².